The maximum atomic E-state index is 11.2. The lowest BCUT2D eigenvalue weighted by Gasteiger charge is -1.96. The van der Waals surface area contributed by atoms with Crippen molar-refractivity contribution in [3.63, 3.8) is 0 Å². The Morgan fingerprint density at radius 3 is 2.79 bits per heavy atom. The lowest BCUT2D eigenvalue weighted by molar-refractivity contribution is 0.0532. The molecule has 0 aliphatic rings. The summed E-state index contributed by atoms with van der Waals surface area (Å²) in [5, 5.41) is 0. The summed E-state index contributed by atoms with van der Waals surface area (Å²) in [7, 11) is 0. The van der Waals surface area contributed by atoms with Gasteiger partial charge in [0.25, 0.3) is 0 Å². The van der Waals surface area contributed by atoms with Gasteiger partial charge in [0.05, 0.1) is 11.5 Å². The SMILES string of the molecule is CCOC(=O)c1cc(S(=O)O)c(C)s1. The fourth-order valence-electron chi connectivity index (χ4n) is 0.942. The third kappa shape index (κ3) is 2.40. The van der Waals surface area contributed by atoms with Gasteiger partial charge in [0.15, 0.2) is 11.1 Å². The van der Waals surface area contributed by atoms with Crippen LogP contribution >= 0.6 is 11.3 Å². The van der Waals surface area contributed by atoms with Gasteiger partial charge < -0.3 is 9.29 Å². The van der Waals surface area contributed by atoms with Crippen LogP contribution in [0.1, 0.15) is 21.5 Å². The Bertz CT molecular complexity index is 369. The zero-order valence-corrected chi connectivity index (χ0v) is 9.41. The quantitative estimate of drug-likeness (QED) is 0.640. The van der Waals surface area contributed by atoms with Crippen LogP contribution in [0.25, 0.3) is 0 Å². The number of hydrogen-bond donors (Lipinski definition) is 1. The third-order valence-electron chi connectivity index (χ3n) is 1.54. The molecule has 0 spiro atoms. The molecule has 0 aliphatic heterocycles. The smallest absolute Gasteiger partial charge is 0.348 e. The van der Waals surface area contributed by atoms with Crippen molar-refractivity contribution in [2.75, 3.05) is 6.61 Å². The molecule has 14 heavy (non-hydrogen) atoms. The van der Waals surface area contributed by atoms with Crippen LogP contribution in [0, 0.1) is 6.92 Å². The van der Waals surface area contributed by atoms with Crippen LogP contribution in [0.3, 0.4) is 0 Å². The maximum absolute atomic E-state index is 11.2. The van der Waals surface area contributed by atoms with Crippen LogP contribution in [0.15, 0.2) is 11.0 Å². The molecule has 0 aliphatic carbocycles. The highest BCUT2D eigenvalue weighted by atomic mass is 32.2. The summed E-state index contributed by atoms with van der Waals surface area (Å²) in [4.78, 5) is 12.5. The van der Waals surface area contributed by atoms with Crippen molar-refractivity contribution < 1.29 is 18.3 Å². The summed E-state index contributed by atoms with van der Waals surface area (Å²) < 4.78 is 24.4. The van der Waals surface area contributed by atoms with Gasteiger partial charge in [-0.25, -0.2) is 9.00 Å². The second kappa shape index (κ2) is 4.68. The first-order chi connectivity index (χ1) is 6.56. The minimum atomic E-state index is -2.04. The maximum Gasteiger partial charge on any atom is 0.348 e. The Balaban J connectivity index is 2.96. The third-order valence-corrected chi connectivity index (χ3v) is 3.50. The van der Waals surface area contributed by atoms with E-state index in [0.717, 1.165) is 11.3 Å². The lowest BCUT2D eigenvalue weighted by atomic mass is 10.4. The first-order valence-electron chi connectivity index (χ1n) is 3.94. The molecule has 0 saturated heterocycles. The molecule has 1 aromatic heterocycles. The molecule has 1 heterocycles. The molecule has 1 unspecified atom stereocenters. The molecule has 1 aromatic rings. The fraction of sp³-hybridized carbons (Fsp3) is 0.375. The number of carbonyl (C=O) groups is 1. The van der Waals surface area contributed by atoms with Crippen molar-refractivity contribution in [1.29, 1.82) is 0 Å². The van der Waals surface area contributed by atoms with Gasteiger partial charge >= 0.3 is 5.97 Å². The van der Waals surface area contributed by atoms with Crippen molar-refractivity contribution >= 4 is 28.4 Å². The molecule has 0 radical (unpaired) electrons. The molecule has 4 nitrogen and oxygen atoms in total. The molecule has 0 fully saturated rings. The van der Waals surface area contributed by atoms with Crippen molar-refractivity contribution in [1.82, 2.24) is 0 Å². The zero-order chi connectivity index (χ0) is 10.7. The minimum Gasteiger partial charge on any atom is -0.462 e. The van der Waals surface area contributed by atoms with E-state index in [2.05, 4.69) is 0 Å². The number of thiophene rings is 1. The number of ether oxygens (including phenoxy) is 1. The van der Waals surface area contributed by atoms with Crippen LogP contribution in [-0.2, 0) is 15.8 Å². The summed E-state index contributed by atoms with van der Waals surface area (Å²) >= 11 is -0.874. The van der Waals surface area contributed by atoms with Gasteiger partial charge in [-0.3, -0.25) is 0 Å². The van der Waals surface area contributed by atoms with Crippen LogP contribution in [-0.4, -0.2) is 21.3 Å². The second-order valence-electron chi connectivity index (χ2n) is 2.50. The molecular weight excluding hydrogens is 224 g/mol. The van der Waals surface area contributed by atoms with Crippen LogP contribution in [0.2, 0.25) is 0 Å². The number of rotatable bonds is 3. The highest BCUT2D eigenvalue weighted by Gasteiger charge is 2.15. The first-order valence-corrected chi connectivity index (χ1v) is 5.87. The molecule has 78 valence electrons. The Morgan fingerprint density at radius 1 is 1.71 bits per heavy atom. The monoisotopic (exact) mass is 234 g/mol. The normalized spacial score (nSPS) is 12.5. The van der Waals surface area contributed by atoms with Gasteiger partial charge in [-0.1, -0.05) is 0 Å². The molecule has 0 amide bonds. The van der Waals surface area contributed by atoms with Gasteiger partial charge in [-0.2, -0.15) is 0 Å². The highest BCUT2D eigenvalue weighted by molar-refractivity contribution is 7.79. The summed E-state index contributed by atoms with van der Waals surface area (Å²) in [6.07, 6.45) is 0. The lowest BCUT2D eigenvalue weighted by Crippen LogP contribution is -2.01. The first kappa shape index (κ1) is 11.4. The van der Waals surface area contributed by atoms with E-state index in [1.54, 1.807) is 13.8 Å². The van der Waals surface area contributed by atoms with Crippen molar-refractivity contribution in [2.45, 2.75) is 18.7 Å². The van der Waals surface area contributed by atoms with Crippen molar-refractivity contribution in [3.05, 3.63) is 15.8 Å². The van der Waals surface area contributed by atoms with Crippen molar-refractivity contribution in [3.8, 4) is 0 Å². The number of aryl methyl sites for hydroxylation is 1. The van der Waals surface area contributed by atoms with E-state index in [4.69, 9.17) is 9.29 Å². The van der Waals surface area contributed by atoms with Gasteiger partial charge in [0.2, 0.25) is 0 Å². The van der Waals surface area contributed by atoms with Gasteiger partial charge in [0.1, 0.15) is 4.88 Å². The van der Waals surface area contributed by atoms with Crippen LogP contribution in [0.4, 0.5) is 0 Å². The average Bonchev–Trinajstić information content (AvgIpc) is 2.48. The second-order valence-corrected chi connectivity index (χ2v) is 4.70. The van der Waals surface area contributed by atoms with Gasteiger partial charge in [-0.05, 0) is 19.9 Å². The summed E-state index contributed by atoms with van der Waals surface area (Å²) in [6, 6.07) is 1.40. The largest absolute Gasteiger partial charge is 0.462 e. The standard InChI is InChI=1S/C8H10O4S2/c1-3-12-8(9)6-4-7(14(10)11)5(2)13-6/h4H,3H2,1-2H3,(H,10,11). The zero-order valence-electron chi connectivity index (χ0n) is 7.77. The predicted octanol–water partition coefficient (Wildman–Crippen LogP) is 1.81. The summed E-state index contributed by atoms with van der Waals surface area (Å²) in [5.41, 5.74) is 0. The topological polar surface area (TPSA) is 63.6 Å². The Morgan fingerprint density at radius 2 is 2.36 bits per heavy atom. The molecule has 0 aromatic carbocycles. The van der Waals surface area contributed by atoms with E-state index in [0.29, 0.717) is 16.4 Å². The van der Waals surface area contributed by atoms with Gasteiger partial charge in [-0.15, -0.1) is 11.3 Å². The molecule has 0 saturated carbocycles. The van der Waals surface area contributed by atoms with Gasteiger partial charge in [0, 0.05) is 4.88 Å². The Labute approximate surface area is 88.2 Å². The van der Waals surface area contributed by atoms with E-state index in [1.165, 1.54) is 6.07 Å². The predicted molar refractivity (Wildman–Crippen MR) is 54.0 cm³/mol. The summed E-state index contributed by atoms with van der Waals surface area (Å²) in [6.45, 7) is 3.70. The molecule has 1 atom stereocenters. The Kier molecular flexibility index (Phi) is 3.79. The van der Waals surface area contributed by atoms with Crippen LogP contribution in [0.5, 0.6) is 0 Å². The fourth-order valence-corrected chi connectivity index (χ4v) is 2.63. The van der Waals surface area contributed by atoms with E-state index >= 15 is 0 Å². The minimum absolute atomic E-state index is 0.276. The summed E-state index contributed by atoms with van der Waals surface area (Å²) in [5.74, 6) is -0.447. The highest BCUT2D eigenvalue weighted by Crippen LogP contribution is 2.24. The number of esters is 1. The molecule has 1 rings (SSSR count). The number of carbonyl (C=O) groups excluding carboxylic acids is 1. The van der Waals surface area contributed by atoms with Crippen LogP contribution < -0.4 is 0 Å². The van der Waals surface area contributed by atoms with E-state index in [-0.39, 0.29) is 4.90 Å². The van der Waals surface area contributed by atoms with E-state index < -0.39 is 17.0 Å². The Hall–Kier alpha value is -0.720. The van der Waals surface area contributed by atoms with Crippen molar-refractivity contribution in [2.24, 2.45) is 0 Å². The molecule has 0 bridgehead atoms. The van der Waals surface area contributed by atoms with E-state index in [9.17, 15) is 9.00 Å². The molecule has 6 heteroatoms. The van der Waals surface area contributed by atoms with E-state index in [1.807, 2.05) is 0 Å². The number of hydrogen-bond acceptors (Lipinski definition) is 4. The molecule has 1 N–H and O–H groups in total. The average molecular weight is 234 g/mol. The molecular formula is C8H10O4S2.